The third-order valence-electron chi connectivity index (χ3n) is 7.71. The molecule has 2 atom stereocenters. The van der Waals surface area contributed by atoms with E-state index in [4.69, 9.17) is 17.3 Å². The van der Waals surface area contributed by atoms with Crippen LogP contribution in [0, 0.1) is 6.54 Å². The highest BCUT2D eigenvalue weighted by molar-refractivity contribution is 6.30. The van der Waals surface area contributed by atoms with E-state index in [1.165, 1.54) is 0 Å². The van der Waals surface area contributed by atoms with E-state index in [0.717, 1.165) is 28.8 Å². The van der Waals surface area contributed by atoms with Gasteiger partial charge < -0.3 is 26.2 Å². The Morgan fingerprint density at radius 1 is 0.952 bits per heavy atom. The number of fused-ring (bicyclic) bond motifs is 1. The number of halogens is 1. The van der Waals surface area contributed by atoms with E-state index in [1.54, 1.807) is 23.1 Å². The summed E-state index contributed by atoms with van der Waals surface area (Å²) in [6, 6.07) is 21.3. The van der Waals surface area contributed by atoms with Crippen molar-refractivity contribution >= 4 is 35.0 Å². The number of rotatable bonds is 9. The Morgan fingerprint density at radius 2 is 1.67 bits per heavy atom. The molecule has 0 bridgehead atoms. The maximum Gasteiger partial charge on any atom is 0.253 e. The first-order chi connectivity index (χ1) is 20.4. The first-order valence-corrected chi connectivity index (χ1v) is 14.6. The normalized spacial score (nSPS) is 17.2. The molecule has 1 saturated heterocycles. The van der Waals surface area contributed by atoms with E-state index in [-0.39, 0.29) is 17.7 Å². The fourth-order valence-corrected chi connectivity index (χ4v) is 5.64. The van der Waals surface area contributed by atoms with Crippen molar-refractivity contribution in [3.05, 3.63) is 107 Å². The molecule has 2 aliphatic heterocycles. The average Bonchev–Trinajstić information content (AvgIpc) is 3.03. The van der Waals surface area contributed by atoms with Gasteiger partial charge in [-0.2, -0.15) is 0 Å². The van der Waals surface area contributed by atoms with Crippen LogP contribution >= 0.6 is 11.6 Å². The van der Waals surface area contributed by atoms with Gasteiger partial charge >= 0.3 is 0 Å². The molecule has 219 valence electrons. The summed E-state index contributed by atoms with van der Waals surface area (Å²) in [4.78, 5) is 44.1. The molecule has 1 radical (unpaired) electrons. The molecule has 42 heavy (non-hydrogen) atoms. The SMILES string of the molecule is NCCNC(=O)c1ccccc1N1CCN(C(=O)[C@@H](Cc2ccc(Cl)cc2)NC(=O)C2N[CH]Cc3ccccc32)CC1. The largest absolute Gasteiger partial charge is 0.367 e. The predicted octanol–water partition coefficient (Wildman–Crippen LogP) is 2.45. The van der Waals surface area contributed by atoms with E-state index in [9.17, 15) is 14.4 Å². The second-order valence-electron chi connectivity index (χ2n) is 10.5. The van der Waals surface area contributed by atoms with Crippen molar-refractivity contribution in [3.63, 3.8) is 0 Å². The van der Waals surface area contributed by atoms with Gasteiger partial charge in [-0.3, -0.25) is 19.7 Å². The van der Waals surface area contributed by atoms with Crippen molar-refractivity contribution in [2.45, 2.75) is 24.9 Å². The molecule has 1 fully saturated rings. The standard InChI is InChI=1S/C32H36ClN6O3/c33-24-11-9-22(10-12-24)21-27(37-31(41)29-25-6-2-1-5-23(25)13-15-35-29)32(42)39-19-17-38(18-20-39)28-8-4-3-7-26(28)30(40)36-16-14-34/h1-12,15,27,29,35H,13-14,16-21,34H2,(H,36,40)(H,37,41)/t27-,29?/m1/s1. The van der Waals surface area contributed by atoms with Crippen LogP contribution in [0.1, 0.15) is 33.1 Å². The number of hydrogen-bond acceptors (Lipinski definition) is 6. The van der Waals surface area contributed by atoms with Crippen molar-refractivity contribution in [2.75, 3.05) is 44.2 Å². The monoisotopic (exact) mass is 587 g/mol. The Morgan fingerprint density at radius 3 is 2.43 bits per heavy atom. The average molecular weight is 588 g/mol. The van der Waals surface area contributed by atoms with E-state index >= 15 is 0 Å². The van der Waals surface area contributed by atoms with Gasteiger partial charge in [0.25, 0.3) is 5.91 Å². The summed E-state index contributed by atoms with van der Waals surface area (Å²) in [7, 11) is 0. The zero-order valence-electron chi connectivity index (χ0n) is 23.4. The zero-order valence-corrected chi connectivity index (χ0v) is 24.1. The second kappa shape index (κ2) is 13.8. The van der Waals surface area contributed by atoms with Crippen LogP contribution in [-0.4, -0.2) is 67.9 Å². The zero-order chi connectivity index (χ0) is 29.5. The first-order valence-electron chi connectivity index (χ1n) is 14.3. The summed E-state index contributed by atoms with van der Waals surface area (Å²) in [5.41, 5.74) is 9.86. The molecular weight excluding hydrogens is 552 g/mol. The van der Waals surface area contributed by atoms with Crippen molar-refractivity contribution in [2.24, 2.45) is 5.73 Å². The van der Waals surface area contributed by atoms with E-state index < -0.39 is 12.1 Å². The Labute approximate surface area is 251 Å². The summed E-state index contributed by atoms with van der Waals surface area (Å²) in [6.07, 6.45) is 1.07. The molecule has 2 aliphatic rings. The van der Waals surface area contributed by atoms with Crippen LogP contribution in [0.3, 0.4) is 0 Å². The molecule has 0 aromatic heterocycles. The number of nitrogens with two attached hydrogens (primary N) is 1. The highest BCUT2D eigenvalue weighted by atomic mass is 35.5. The van der Waals surface area contributed by atoms with Crippen LogP contribution in [0.4, 0.5) is 5.69 Å². The van der Waals surface area contributed by atoms with Gasteiger partial charge in [0, 0.05) is 62.9 Å². The molecule has 2 heterocycles. The molecule has 3 aromatic rings. The van der Waals surface area contributed by atoms with Crippen LogP contribution in [0.25, 0.3) is 0 Å². The maximum atomic E-state index is 13.9. The number of para-hydroxylation sites is 1. The minimum absolute atomic E-state index is 0.139. The maximum absolute atomic E-state index is 13.9. The van der Waals surface area contributed by atoms with Gasteiger partial charge in [0.2, 0.25) is 11.8 Å². The van der Waals surface area contributed by atoms with Crippen molar-refractivity contribution in [1.29, 1.82) is 0 Å². The number of amides is 3. The van der Waals surface area contributed by atoms with Crippen molar-refractivity contribution < 1.29 is 14.4 Å². The number of carbonyl (C=O) groups is 3. The highest BCUT2D eigenvalue weighted by Gasteiger charge is 2.33. The minimum atomic E-state index is -0.754. The fraction of sp³-hybridized carbons (Fsp3) is 0.312. The van der Waals surface area contributed by atoms with Crippen LogP contribution in [0.2, 0.25) is 5.02 Å². The molecule has 0 aliphatic carbocycles. The molecule has 9 nitrogen and oxygen atoms in total. The topological polar surface area (TPSA) is 120 Å². The summed E-state index contributed by atoms with van der Waals surface area (Å²) in [5, 5.41) is 9.69. The van der Waals surface area contributed by atoms with Gasteiger partial charge in [-0.05, 0) is 47.4 Å². The van der Waals surface area contributed by atoms with E-state index in [0.29, 0.717) is 56.3 Å². The molecule has 0 spiro atoms. The lowest BCUT2D eigenvalue weighted by Crippen LogP contribution is -2.57. The molecular formula is C32H36ClN6O3. The lowest BCUT2D eigenvalue weighted by molar-refractivity contribution is -0.137. The number of nitrogens with one attached hydrogen (secondary N) is 3. The number of nitrogens with zero attached hydrogens (tertiary/aromatic N) is 2. The van der Waals surface area contributed by atoms with Crippen LogP contribution in [0.5, 0.6) is 0 Å². The fourth-order valence-electron chi connectivity index (χ4n) is 5.52. The Hall–Kier alpha value is -3.92. The third-order valence-corrected chi connectivity index (χ3v) is 7.97. The molecule has 5 rings (SSSR count). The first kappa shape index (κ1) is 29.6. The van der Waals surface area contributed by atoms with Crippen LogP contribution in [-0.2, 0) is 22.4 Å². The highest BCUT2D eigenvalue weighted by Crippen LogP contribution is 2.25. The molecule has 3 aromatic carbocycles. The van der Waals surface area contributed by atoms with Crippen LogP contribution < -0.4 is 26.6 Å². The quantitative estimate of drug-likeness (QED) is 0.305. The Bertz CT molecular complexity index is 1410. The van der Waals surface area contributed by atoms with Crippen molar-refractivity contribution in [3.8, 4) is 0 Å². The molecule has 10 heteroatoms. The molecule has 3 amide bonds. The molecule has 5 N–H and O–H groups in total. The van der Waals surface area contributed by atoms with Gasteiger partial charge in [-0.25, -0.2) is 0 Å². The lowest BCUT2D eigenvalue weighted by Gasteiger charge is -2.38. The Kier molecular flexibility index (Phi) is 9.74. The number of carbonyl (C=O) groups excluding carboxylic acids is 3. The summed E-state index contributed by atoms with van der Waals surface area (Å²) < 4.78 is 0. The van der Waals surface area contributed by atoms with E-state index in [2.05, 4.69) is 20.9 Å². The number of hydrogen-bond donors (Lipinski definition) is 4. The van der Waals surface area contributed by atoms with Crippen LogP contribution in [0.15, 0.2) is 72.8 Å². The van der Waals surface area contributed by atoms with Crippen molar-refractivity contribution in [1.82, 2.24) is 20.9 Å². The Balaban J connectivity index is 1.30. The van der Waals surface area contributed by atoms with Gasteiger partial charge in [-0.1, -0.05) is 60.1 Å². The minimum Gasteiger partial charge on any atom is -0.367 e. The lowest BCUT2D eigenvalue weighted by atomic mass is 9.93. The third kappa shape index (κ3) is 6.92. The number of piperazine rings is 1. The molecule has 1 unspecified atom stereocenters. The smallest absolute Gasteiger partial charge is 0.253 e. The van der Waals surface area contributed by atoms with Gasteiger partial charge in [0.1, 0.15) is 12.1 Å². The van der Waals surface area contributed by atoms with Gasteiger partial charge in [0.15, 0.2) is 0 Å². The van der Waals surface area contributed by atoms with Gasteiger partial charge in [-0.15, -0.1) is 0 Å². The summed E-state index contributed by atoms with van der Waals surface area (Å²) in [6.45, 7) is 4.68. The predicted molar refractivity (Wildman–Crippen MR) is 164 cm³/mol. The van der Waals surface area contributed by atoms with Gasteiger partial charge in [0.05, 0.1) is 5.56 Å². The number of anilines is 1. The van der Waals surface area contributed by atoms with E-state index in [1.807, 2.05) is 61.1 Å². The summed E-state index contributed by atoms with van der Waals surface area (Å²) >= 11 is 6.09. The summed E-state index contributed by atoms with van der Waals surface area (Å²) in [5.74, 6) is -0.558. The second-order valence-corrected chi connectivity index (χ2v) is 10.9. The molecule has 0 saturated carbocycles. The number of benzene rings is 3.